The van der Waals surface area contributed by atoms with Crippen molar-refractivity contribution in [3.63, 3.8) is 0 Å². The van der Waals surface area contributed by atoms with Crippen LogP contribution in [0.25, 0.3) is 11.0 Å². The lowest BCUT2D eigenvalue weighted by molar-refractivity contribution is -0.124. The van der Waals surface area contributed by atoms with Crippen LogP contribution in [0.2, 0.25) is 0 Å². The van der Waals surface area contributed by atoms with Crippen LogP contribution in [0.15, 0.2) is 41.3 Å². The third-order valence-electron chi connectivity index (χ3n) is 3.96. The Labute approximate surface area is 122 Å². The van der Waals surface area contributed by atoms with Gasteiger partial charge >= 0.3 is 5.69 Å². The number of nitrogens with one attached hydrogen (secondary N) is 1. The lowest BCUT2D eigenvalue weighted by atomic mass is 10.0. The number of allylic oxidation sites excluding steroid dienone is 1. The number of hydrogen-bond donors (Lipinski definition) is 1. The van der Waals surface area contributed by atoms with E-state index in [1.807, 2.05) is 38.1 Å². The standard InChI is InChI=1S/C16H19N3O2/c1-10(2)18-12-6-4-5-7-13(12)19(16(18)21)14-9-8-11(3)17-15(14)20/h4-7,10,14H,3,8-9H2,1-2H3,(H,17,20). The second kappa shape index (κ2) is 4.91. The number of fused-ring (bicyclic) bond motifs is 1. The van der Waals surface area contributed by atoms with E-state index < -0.39 is 6.04 Å². The number of amides is 1. The van der Waals surface area contributed by atoms with E-state index in [2.05, 4.69) is 11.9 Å². The zero-order valence-corrected chi connectivity index (χ0v) is 12.3. The molecule has 0 saturated carbocycles. The van der Waals surface area contributed by atoms with E-state index in [1.165, 1.54) is 0 Å². The summed E-state index contributed by atoms with van der Waals surface area (Å²) in [6.07, 6.45) is 1.31. The van der Waals surface area contributed by atoms with E-state index in [0.29, 0.717) is 12.8 Å². The van der Waals surface area contributed by atoms with Gasteiger partial charge in [0.25, 0.3) is 0 Å². The number of nitrogens with zero attached hydrogens (tertiary/aromatic N) is 2. The first kappa shape index (κ1) is 13.7. The summed E-state index contributed by atoms with van der Waals surface area (Å²) in [4.78, 5) is 25.0. The van der Waals surface area contributed by atoms with Crippen molar-refractivity contribution in [3.05, 3.63) is 47.0 Å². The number of carbonyl (C=O) groups is 1. The third-order valence-corrected chi connectivity index (χ3v) is 3.96. The van der Waals surface area contributed by atoms with Gasteiger partial charge in [-0.3, -0.25) is 13.9 Å². The highest BCUT2D eigenvalue weighted by Crippen LogP contribution is 2.26. The minimum atomic E-state index is -0.465. The number of benzene rings is 1. The normalized spacial score (nSPS) is 19.3. The molecule has 5 nitrogen and oxygen atoms in total. The van der Waals surface area contributed by atoms with E-state index in [0.717, 1.165) is 16.7 Å². The molecule has 21 heavy (non-hydrogen) atoms. The second-order valence-corrected chi connectivity index (χ2v) is 5.75. The number of para-hydroxylation sites is 2. The molecule has 0 spiro atoms. The van der Waals surface area contributed by atoms with E-state index in [1.54, 1.807) is 9.13 Å². The molecule has 2 aromatic rings. The number of piperidine rings is 1. The van der Waals surface area contributed by atoms with Gasteiger partial charge in [-0.15, -0.1) is 0 Å². The van der Waals surface area contributed by atoms with Gasteiger partial charge in [0.15, 0.2) is 0 Å². The number of carbonyl (C=O) groups excluding carboxylic acids is 1. The molecule has 1 N–H and O–H groups in total. The Hall–Kier alpha value is -2.30. The Kier molecular flexibility index (Phi) is 3.20. The Morgan fingerprint density at radius 2 is 1.90 bits per heavy atom. The van der Waals surface area contributed by atoms with Gasteiger partial charge in [-0.2, -0.15) is 0 Å². The minimum absolute atomic E-state index is 0.0465. The van der Waals surface area contributed by atoms with Gasteiger partial charge < -0.3 is 5.32 Å². The van der Waals surface area contributed by atoms with Crippen LogP contribution in [0.1, 0.15) is 38.8 Å². The fourth-order valence-electron chi connectivity index (χ4n) is 3.00. The van der Waals surface area contributed by atoms with Gasteiger partial charge in [-0.25, -0.2) is 4.79 Å². The third kappa shape index (κ3) is 2.09. The van der Waals surface area contributed by atoms with Gasteiger partial charge in [-0.05, 0) is 38.8 Å². The fraction of sp³-hybridized carbons (Fsp3) is 0.375. The molecule has 1 amide bonds. The number of imidazole rings is 1. The first-order valence-electron chi connectivity index (χ1n) is 7.21. The summed E-state index contributed by atoms with van der Waals surface area (Å²) in [5.74, 6) is -0.153. The molecule has 5 heteroatoms. The van der Waals surface area contributed by atoms with Crippen LogP contribution in [-0.2, 0) is 4.79 Å². The maximum absolute atomic E-state index is 12.8. The number of aromatic nitrogens is 2. The lowest BCUT2D eigenvalue weighted by Crippen LogP contribution is -2.40. The van der Waals surface area contributed by atoms with Crippen molar-refractivity contribution in [1.82, 2.24) is 14.5 Å². The van der Waals surface area contributed by atoms with Crippen molar-refractivity contribution in [2.24, 2.45) is 0 Å². The second-order valence-electron chi connectivity index (χ2n) is 5.75. The smallest absolute Gasteiger partial charge is 0.329 e. The maximum atomic E-state index is 12.8. The van der Waals surface area contributed by atoms with Crippen molar-refractivity contribution in [2.75, 3.05) is 0 Å². The summed E-state index contributed by atoms with van der Waals surface area (Å²) in [7, 11) is 0. The van der Waals surface area contributed by atoms with Crippen LogP contribution < -0.4 is 11.0 Å². The summed E-state index contributed by atoms with van der Waals surface area (Å²) < 4.78 is 3.36. The van der Waals surface area contributed by atoms with E-state index in [9.17, 15) is 9.59 Å². The van der Waals surface area contributed by atoms with Gasteiger partial charge in [-0.1, -0.05) is 18.7 Å². The SMILES string of the molecule is C=C1CCC(n2c(=O)n(C(C)C)c3ccccc32)C(=O)N1. The average molecular weight is 285 g/mol. The fourth-order valence-corrected chi connectivity index (χ4v) is 3.00. The van der Waals surface area contributed by atoms with Crippen LogP contribution in [-0.4, -0.2) is 15.0 Å². The average Bonchev–Trinajstić information content (AvgIpc) is 2.71. The predicted octanol–water partition coefficient (Wildman–Crippen LogP) is 2.35. The van der Waals surface area contributed by atoms with Crippen LogP contribution in [0.4, 0.5) is 0 Å². The molecule has 1 aliphatic heterocycles. The summed E-state index contributed by atoms with van der Waals surface area (Å²) in [5, 5.41) is 2.76. The van der Waals surface area contributed by atoms with Gasteiger partial charge in [0, 0.05) is 11.7 Å². The Morgan fingerprint density at radius 1 is 1.24 bits per heavy atom. The Balaban J connectivity index is 2.24. The van der Waals surface area contributed by atoms with Crippen molar-refractivity contribution >= 4 is 16.9 Å². The zero-order chi connectivity index (χ0) is 15.1. The highest BCUT2D eigenvalue weighted by atomic mass is 16.2. The molecule has 1 aliphatic rings. The molecule has 1 aromatic heterocycles. The molecule has 1 saturated heterocycles. The molecule has 110 valence electrons. The largest absolute Gasteiger partial charge is 0.330 e. The number of hydrogen-bond acceptors (Lipinski definition) is 2. The van der Waals surface area contributed by atoms with E-state index in [-0.39, 0.29) is 17.6 Å². The summed E-state index contributed by atoms with van der Waals surface area (Å²) in [6.45, 7) is 7.73. The molecule has 3 rings (SSSR count). The zero-order valence-electron chi connectivity index (χ0n) is 12.3. The molecule has 1 atom stereocenters. The molecule has 0 radical (unpaired) electrons. The van der Waals surface area contributed by atoms with Crippen molar-refractivity contribution in [1.29, 1.82) is 0 Å². The van der Waals surface area contributed by atoms with Crippen LogP contribution in [0.5, 0.6) is 0 Å². The molecule has 1 fully saturated rings. The molecular weight excluding hydrogens is 266 g/mol. The first-order chi connectivity index (χ1) is 10.0. The molecule has 0 aliphatic carbocycles. The number of rotatable bonds is 2. The van der Waals surface area contributed by atoms with E-state index in [4.69, 9.17) is 0 Å². The maximum Gasteiger partial charge on any atom is 0.330 e. The molecule has 0 bridgehead atoms. The van der Waals surface area contributed by atoms with Crippen molar-refractivity contribution < 1.29 is 4.79 Å². The Bertz CT molecular complexity index is 782. The summed E-state index contributed by atoms with van der Waals surface area (Å²) in [5.41, 5.74) is 2.27. The van der Waals surface area contributed by atoms with Crippen molar-refractivity contribution in [2.45, 2.75) is 38.8 Å². The highest BCUT2D eigenvalue weighted by molar-refractivity contribution is 5.86. The first-order valence-corrected chi connectivity index (χ1v) is 7.21. The topological polar surface area (TPSA) is 56.0 Å². The van der Waals surface area contributed by atoms with Gasteiger partial charge in [0.2, 0.25) is 5.91 Å². The minimum Gasteiger partial charge on any atom is -0.329 e. The van der Waals surface area contributed by atoms with Gasteiger partial charge in [0.05, 0.1) is 11.0 Å². The predicted molar refractivity (Wildman–Crippen MR) is 82.1 cm³/mol. The van der Waals surface area contributed by atoms with Gasteiger partial charge in [0.1, 0.15) is 6.04 Å². The quantitative estimate of drug-likeness (QED) is 0.921. The lowest BCUT2D eigenvalue weighted by Gasteiger charge is -2.24. The van der Waals surface area contributed by atoms with Crippen LogP contribution in [0.3, 0.4) is 0 Å². The summed E-state index contributed by atoms with van der Waals surface area (Å²) in [6, 6.07) is 7.20. The molecule has 2 heterocycles. The monoisotopic (exact) mass is 285 g/mol. The molecule has 1 aromatic carbocycles. The van der Waals surface area contributed by atoms with Crippen LogP contribution in [0, 0.1) is 0 Å². The highest BCUT2D eigenvalue weighted by Gasteiger charge is 2.29. The molecular formula is C16H19N3O2. The molecule has 1 unspecified atom stereocenters. The van der Waals surface area contributed by atoms with Crippen molar-refractivity contribution in [3.8, 4) is 0 Å². The van der Waals surface area contributed by atoms with Crippen LogP contribution >= 0.6 is 0 Å². The van der Waals surface area contributed by atoms with E-state index >= 15 is 0 Å². The Morgan fingerprint density at radius 3 is 2.52 bits per heavy atom. The summed E-state index contributed by atoms with van der Waals surface area (Å²) >= 11 is 0.